The zero-order valence-electron chi connectivity index (χ0n) is 13.3. The SMILES string of the molecule is CCCCNc1cc(C(=O)O)cc(S(N)(=O)=O)c1Cc1cccs1. The van der Waals surface area contributed by atoms with E-state index >= 15 is 0 Å². The molecule has 0 aliphatic heterocycles. The third-order valence-corrected chi connectivity index (χ3v) is 5.39. The third-order valence-electron chi connectivity index (χ3n) is 3.54. The summed E-state index contributed by atoms with van der Waals surface area (Å²) in [6.07, 6.45) is 2.23. The number of hydrogen-bond donors (Lipinski definition) is 3. The van der Waals surface area contributed by atoms with Crippen LogP contribution in [0.5, 0.6) is 0 Å². The molecule has 1 aromatic carbocycles. The molecule has 2 aromatic rings. The molecule has 0 aliphatic carbocycles. The maximum Gasteiger partial charge on any atom is 0.335 e. The van der Waals surface area contributed by atoms with Gasteiger partial charge in [0.15, 0.2) is 0 Å². The Morgan fingerprint density at radius 1 is 1.38 bits per heavy atom. The van der Waals surface area contributed by atoms with E-state index in [1.807, 2.05) is 24.4 Å². The minimum absolute atomic E-state index is 0.104. The summed E-state index contributed by atoms with van der Waals surface area (Å²) >= 11 is 1.50. The second-order valence-electron chi connectivity index (χ2n) is 5.39. The van der Waals surface area contributed by atoms with Gasteiger partial charge in [0.2, 0.25) is 10.0 Å². The Labute approximate surface area is 145 Å². The molecule has 0 saturated carbocycles. The lowest BCUT2D eigenvalue weighted by Crippen LogP contribution is -2.18. The fraction of sp³-hybridized carbons (Fsp3) is 0.312. The lowest BCUT2D eigenvalue weighted by Gasteiger charge is -2.16. The van der Waals surface area contributed by atoms with Crippen molar-refractivity contribution in [1.29, 1.82) is 0 Å². The van der Waals surface area contributed by atoms with Crippen LogP contribution in [0.3, 0.4) is 0 Å². The first-order valence-electron chi connectivity index (χ1n) is 7.52. The minimum Gasteiger partial charge on any atom is -0.478 e. The molecule has 1 aromatic heterocycles. The number of hydrogen-bond acceptors (Lipinski definition) is 5. The Kier molecular flexibility index (Phi) is 5.98. The van der Waals surface area contributed by atoms with Crippen molar-refractivity contribution in [2.24, 2.45) is 5.14 Å². The zero-order valence-corrected chi connectivity index (χ0v) is 14.9. The minimum atomic E-state index is -4.04. The Balaban J connectivity index is 2.58. The highest BCUT2D eigenvalue weighted by Gasteiger charge is 2.21. The number of sulfonamides is 1. The van der Waals surface area contributed by atoms with Crippen molar-refractivity contribution in [3.8, 4) is 0 Å². The van der Waals surface area contributed by atoms with Crippen molar-refractivity contribution in [2.45, 2.75) is 31.1 Å². The highest BCUT2D eigenvalue weighted by Crippen LogP contribution is 2.29. The monoisotopic (exact) mass is 368 g/mol. The van der Waals surface area contributed by atoms with Crippen LogP contribution >= 0.6 is 11.3 Å². The van der Waals surface area contributed by atoms with Crippen LogP contribution in [0.4, 0.5) is 5.69 Å². The molecule has 0 unspecified atom stereocenters. The van der Waals surface area contributed by atoms with Crippen LogP contribution in [-0.2, 0) is 16.4 Å². The van der Waals surface area contributed by atoms with Gasteiger partial charge in [-0.1, -0.05) is 19.4 Å². The number of nitrogens with two attached hydrogens (primary N) is 1. The quantitative estimate of drug-likeness (QED) is 0.621. The molecule has 0 fully saturated rings. The number of primary sulfonamides is 1. The number of rotatable bonds is 8. The van der Waals surface area contributed by atoms with E-state index in [4.69, 9.17) is 5.14 Å². The summed E-state index contributed by atoms with van der Waals surface area (Å²) in [5.74, 6) is -1.19. The average molecular weight is 368 g/mol. The smallest absolute Gasteiger partial charge is 0.335 e. The van der Waals surface area contributed by atoms with Crippen molar-refractivity contribution >= 4 is 33.0 Å². The summed E-state index contributed by atoms with van der Waals surface area (Å²) in [5.41, 5.74) is 0.898. The molecule has 0 bridgehead atoms. The van der Waals surface area contributed by atoms with Gasteiger partial charge < -0.3 is 10.4 Å². The van der Waals surface area contributed by atoms with Crippen LogP contribution in [0, 0.1) is 0 Å². The van der Waals surface area contributed by atoms with Gasteiger partial charge in [0, 0.05) is 29.1 Å². The number of carbonyl (C=O) groups is 1. The third kappa shape index (κ3) is 4.56. The maximum absolute atomic E-state index is 12.0. The van der Waals surface area contributed by atoms with Gasteiger partial charge in [-0.15, -0.1) is 11.3 Å². The molecule has 0 radical (unpaired) electrons. The molecule has 0 aliphatic rings. The van der Waals surface area contributed by atoms with Crippen molar-refractivity contribution in [1.82, 2.24) is 0 Å². The fourth-order valence-corrected chi connectivity index (χ4v) is 3.88. The molecule has 24 heavy (non-hydrogen) atoms. The van der Waals surface area contributed by atoms with Gasteiger partial charge in [0.25, 0.3) is 0 Å². The van der Waals surface area contributed by atoms with Crippen molar-refractivity contribution in [3.63, 3.8) is 0 Å². The largest absolute Gasteiger partial charge is 0.478 e. The normalized spacial score (nSPS) is 11.4. The van der Waals surface area contributed by atoms with E-state index in [9.17, 15) is 18.3 Å². The molecule has 6 nitrogen and oxygen atoms in total. The van der Waals surface area contributed by atoms with Gasteiger partial charge >= 0.3 is 5.97 Å². The van der Waals surface area contributed by atoms with E-state index in [2.05, 4.69) is 5.32 Å². The second kappa shape index (κ2) is 7.78. The van der Waals surface area contributed by atoms with Crippen LogP contribution in [0.1, 0.15) is 40.6 Å². The highest BCUT2D eigenvalue weighted by atomic mass is 32.2. The van der Waals surface area contributed by atoms with Crippen molar-refractivity contribution in [3.05, 3.63) is 45.6 Å². The number of benzene rings is 1. The van der Waals surface area contributed by atoms with Gasteiger partial charge in [0.05, 0.1) is 10.5 Å². The molecular formula is C16H20N2O4S2. The second-order valence-corrected chi connectivity index (χ2v) is 7.95. The molecule has 1 heterocycles. The molecule has 0 atom stereocenters. The molecule has 130 valence electrons. The summed E-state index contributed by atoms with van der Waals surface area (Å²) in [7, 11) is -4.04. The highest BCUT2D eigenvalue weighted by molar-refractivity contribution is 7.89. The van der Waals surface area contributed by atoms with E-state index in [0.29, 0.717) is 24.2 Å². The molecule has 0 saturated heterocycles. The molecule has 0 spiro atoms. The van der Waals surface area contributed by atoms with Crippen molar-refractivity contribution in [2.75, 3.05) is 11.9 Å². The molecule has 2 rings (SSSR count). The lowest BCUT2D eigenvalue weighted by atomic mass is 10.0. The number of anilines is 1. The topological polar surface area (TPSA) is 109 Å². The van der Waals surface area contributed by atoms with Gasteiger partial charge in [-0.2, -0.15) is 0 Å². The van der Waals surface area contributed by atoms with Crippen LogP contribution in [0.25, 0.3) is 0 Å². The summed E-state index contributed by atoms with van der Waals surface area (Å²) in [4.78, 5) is 12.2. The Morgan fingerprint density at radius 3 is 2.67 bits per heavy atom. The summed E-state index contributed by atoms with van der Waals surface area (Å²) in [6, 6.07) is 6.38. The summed E-state index contributed by atoms with van der Waals surface area (Å²) in [6.45, 7) is 2.67. The van der Waals surface area contributed by atoms with Gasteiger partial charge in [-0.3, -0.25) is 0 Å². The molecular weight excluding hydrogens is 348 g/mol. The number of thiophene rings is 1. The molecule has 4 N–H and O–H groups in total. The molecule has 8 heteroatoms. The fourth-order valence-electron chi connectivity index (χ4n) is 2.35. The first-order valence-corrected chi connectivity index (χ1v) is 9.94. The lowest BCUT2D eigenvalue weighted by molar-refractivity contribution is 0.0696. The average Bonchev–Trinajstić information content (AvgIpc) is 3.00. The van der Waals surface area contributed by atoms with Crippen molar-refractivity contribution < 1.29 is 18.3 Å². The van der Waals surface area contributed by atoms with E-state index in [0.717, 1.165) is 23.8 Å². The van der Waals surface area contributed by atoms with Gasteiger partial charge in [0.1, 0.15) is 0 Å². The zero-order chi connectivity index (χ0) is 17.7. The predicted octanol–water partition coefficient (Wildman–Crippen LogP) is 2.90. The van der Waals surface area contributed by atoms with E-state index in [-0.39, 0.29) is 10.5 Å². The molecule has 0 amide bonds. The van der Waals surface area contributed by atoms with Gasteiger partial charge in [-0.05, 0) is 30.0 Å². The predicted molar refractivity (Wildman–Crippen MR) is 95.3 cm³/mol. The van der Waals surface area contributed by atoms with Crippen LogP contribution < -0.4 is 10.5 Å². The number of aromatic carboxylic acids is 1. The van der Waals surface area contributed by atoms with Gasteiger partial charge in [-0.25, -0.2) is 18.4 Å². The standard InChI is InChI=1S/C16H20N2O4S2/c1-2-3-6-18-14-8-11(16(19)20)9-15(24(17,21)22)13(14)10-12-5-4-7-23-12/h4-5,7-9,18H,2-3,6,10H2,1H3,(H,19,20)(H2,17,21,22). The number of carboxylic acids is 1. The number of unbranched alkanes of at least 4 members (excludes halogenated alkanes) is 1. The Hall–Kier alpha value is -1.90. The number of carboxylic acid groups (broad SMARTS) is 1. The first-order chi connectivity index (χ1) is 11.3. The van der Waals surface area contributed by atoms with E-state index < -0.39 is 16.0 Å². The Bertz CT molecular complexity index is 815. The van der Waals surface area contributed by atoms with Crippen LogP contribution in [0.2, 0.25) is 0 Å². The Morgan fingerprint density at radius 2 is 2.12 bits per heavy atom. The first kappa shape index (κ1) is 18.4. The maximum atomic E-state index is 12.0. The van der Waals surface area contributed by atoms with Crippen LogP contribution in [-0.4, -0.2) is 26.0 Å². The summed E-state index contributed by atoms with van der Waals surface area (Å²) < 4.78 is 24.0. The van der Waals surface area contributed by atoms with E-state index in [1.54, 1.807) is 0 Å². The van der Waals surface area contributed by atoms with E-state index in [1.165, 1.54) is 17.4 Å². The number of nitrogens with one attached hydrogen (secondary N) is 1. The summed E-state index contributed by atoms with van der Waals surface area (Å²) in [5, 5.41) is 19.7. The van der Waals surface area contributed by atoms with Crippen LogP contribution in [0.15, 0.2) is 34.5 Å².